The second-order valence-electron chi connectivity index (χ2n) is 21.2. The van der Waals surface area contributed by atoms with Crippen LogP contribution in [-0.2, 0) is 76.8 Å². The average Bonchev–Trinajstić information content (AvgIpc) is 3.89. The van der Waals surface area contributed by atoms with Crippen LogP contribution in [0.4, 0.5) is 0 Å². The maximum absolute atomic E-state index is 14.9. The highest BCUT2D eigenvalue weighted by molar-refractivity contribution is 5.94. The number of carbonyl (C=O) groups is 8. The maximum atomic E-state index is 14.9. The van der Waals surface area contributed by atoms with Gasteiger partial charge in [0, 0.05) is 53.4 Å². The van der Waals surface area contributed by atoms with Gasteiger partial charge in [-0.1, -0.05) is 97.9 Å². The fourth-order valence-corrected chi connectivity index (χ4v) is 8.77. The average molecular weight is 1050 g/mol. The third kappa shape index (κ3) is 17.7. The van der Waals surface area contributed by atoms with Gasteiger partial charge in [0.05, 0.1) is 0 Å². The lowest BCUT2D eigenvalue weighted by molar-refractivity contribution is -0.176. The fourth-order valence-electron chi connectivity index (χ4n) is 8.77. The van der Waals surface area contributed by atoms with Crippen molar-refractivity contribution >= 4 is 47.5 Å². The van der Waals surface area contributed by atoms with Crippen molar-refractivity contribution in [1.82, 2.24) is 29.6 Å². The smallest absolute Gasteiger partial charge is 0.329 e. The van der Waals surface area contributed by atoms with Gasteiger partial charge in [-0.2, -0.15) is 0 Å². The molecule has 0 bridgehead atoms. The zero-order valence-electron chi connectivity index (χ0n) is 46.3. The number of nitrogens with zero attached hydrogens (tertiary/aromatic N) is 5. The van der Waals surface area contributed by atoms with Crippen LogP contribution >= 0.6 is 0 Å². The molecule has 1 N–H and O–H groups in total. The van der Waals surface area contributed by atoms with Gasteiger partial charge < -0.3 is 48.3 Å². The number of rotatable bonds is 15. The number of hydrogen-bond donors (Lipinski definition) is 1. The molecule has 0 radical (unpaired) electrons. The van der Waals surface area contributed by atoms with Crippen LogP contribution in [0.25, 0.3) is 0 Å². The molecule has 2 heterocycles. The molecule has 1 fully saturated rings. The highest BCUT2D eigenvalue weighted by atomic mass is 16.6. The second-order valence-corrected chi connectivity index (χ2v) is 21.2. The van der Waals surface area contributed by atoms with Gasteiger partial charge in [-0.05, 0) is 86.5 Å². The molecule has 3 aromatic rings. The Kier molecular flexibility index (Phi) is 22.8. The topological polar surface area (TPSA) is 224 Å². The Morgan fingerprint density at radius 1 is 0.493 bits per heavy atom. The van der Waals surface area contributed by atoms with Gasteiger partial charge in [0.2, 0.25) is 0 Å². The van der Waals surface area contributed by atoms with Gasteiger partial charge in [-0.15, -0.1) is 0 Å². The number of likely N-dealkylation sites (N-methyl/N-ethyl adjacent to an activating group) is 4. The van der Waals surface area contributed by atoms with E-state index in [1.54, 1.807) is 67.0 Å². The number of hydrogen-bond acceptors (Lipinski definition) is 14. The van der Waals surface area contributed by atoms with E-state index in [4.69, 9.17) is 23.7 Å². The number of H-pyrrole nitrogens is 1. The van der Waals surface area contributed by atoms with E-state index in [0.717, 1.165) is 19.6 Å². The minimum absolute atomic E-state index is 0.0790. The lowest BCUT2D eigenvalue weighted by atomic mass is 10.00. The molecule has 4 amide bonds. The largest absolute Gasteiger partial charge is 0.486 e. The molecular formula is C56H80N6O13. The monoisotopic (exact) mass is 1040 g/mol. The van der Waals surface area contributed by atoms with E-state index in [1.807, 2.05) is 55.4 Å². The van der Waals surface area contributed by atoms with Gasteiger partial charge in [0.25, 0.3) is 23.6 Å². The lowest BCUT2D eigenvalue weighted by Gasteiger charge is -2.35. The van der Waals surface area contributed by atoms with E-state index >= 15 is 0 Å². The van der Waals surface area contributed by atoms with Crippen LogP contribution in [0, 0.1) is 23.7 Å². The first-order chi connectivity index (χ1) is 35.3. The van der Waals surface area contributed by atoms with Crippen molar-refractivity contribution in [3.63, 3.8) is 0 Å². The minimum Gasteiger partial charge on any atom is -0.486 e. The molecule has 1 aliphatic rings. The summed E-state index contributed by atoms with van der Waals surface area (Å²) in [5.74, 6) is -6.29. The minimum atomic E-state index is -1.55. The fraction of sp³-hybridized carbons (Fsp3) is 0.589. The van der Waals surface area contributed by atoms with Gasteiger partial charge in [0.1, 0.15) is 42.3 Å². The Hall–Kier alpha value is -6.79. The highest BCUT2D eigenvalue weighted by Gasteiger charge is 2.43. The van der Waals surface area contributed by atoms with Crippen LogP contribution < -0.4 is 4.74 Å². The van der Waals surface area contributed by atoms with E-state index in [-0.39, 0.29) is 68.8 Å². The maximum Gasteiger partial charge on any atom is 0.329 e. The van der Waals surface area contributed by atoms with Gasteiger partial charge >= 0.3 is 23.9 Å². The van der Waals surface area contributed by atoms with E-state index in [9.17, 15) is 38.4 Å². The molecule has 412 valence electrons. The molecule has 2 aromatic carbocycles. The van der Waals surface area contributed by atoms with Crippen LogP contribution in [0.1, 0.15) is 112 Å². The third-order valence-electron chi connectivity index (χ3n) is 13.0. The molecule has 1 aromatic heterocycles. The molecule has 19 heteroatoms. The van der Waals surface area contributed by atoms with Crippen LogP contribution in [0.15, 0.2) is 67.0 Å². The SMILES string of the molecule is CC(C)C[C@H]1C(=O)O[C@H](Cc2ccc(OCc3ncc[nH]3)cc2)C(=O)N(C)[C@@H](CC(C)C)C(=O)O[C@H](C)C(=O)N(C)[C@@H](CC(C)C)C(=O)O[C@H](Cc2ccccc2)C(=O)N(C)[C@@H](CC(C)C)C(=O)O[C@H](C)C(=O)N1C. The first-order valence-corrected chi connectivity index (χ1v) is 25.9. The third-order valence-corrected chi connectivity index (χ3v) is 13.0. The van der Waals surface area contributed by atoms with Crippen molar-refractivity contribution in [2.24, 2.45) is 23.7 Å². The number of cyclic esters (lactones) is 4. The summed E-state index contributed by atoms with van der Waals surface area (Å²) in [7, 11) is 5.53. The number of benzene rings is 2. The summed E-state index contributed by atoms with van der Waals surface area (Å²) >= 11 is 0. The standard InChI is InChI=1S/C56H80N6O13/c1-33(2)26-42-53(67)72-38(10)50(64)60(12)45(29-36(7)8)56(70)75-47(31-40-20-22-41(23-21-40)71-32-48-57-24-25-58-48)52(66)62(14)43(27-34(3)4)54(68)73-37(9)49(63)59(11)44(28-35(5)6)55(69)74-46(51(65)61(42)13)30-39-18-16-15-17-19-39/h15-25,33-38,42-47H,26-32H2,1-14H3,(H,57,58)/t37-,38-,42+,43+,44+,45+,46-,47-/m1/s1. The number of ether oxygens (including phenoxy) is 5. The number of nitrogens with one attached hydrogen (secondary N) is 1. The zero-order valence-corrected chi connectivity index (χ0v) is 46.3. The van der Waals surface area contributed by atoms with Crippen molar-refractivity contribution in [2.45, 2.75) is 163 Å². The second kappa shape index (κ2) is 28.2. The number of carbonyl (C=O) groups excluding carboxylic acids is 8. The molecule has 1 saturated heterocycles. The number of imidazole rings is 1. The number of aromatic amines is 1. The number of aromatic nitrogens is 2. The Morgan fingerprint density at radius 3 is 1.19 bits per heavy atom. The molecule has 0 aliphatic carbocycles. The van der Waals surface area contributed by atoms with Gasteiger partial charge in [-0.25, -0.2) is 24.2 Å². The van der Waals surface area contributed by atoms with E-state index in [1.165, 1.54) is 42.0 Å². The summed E-state index contributed by atoms with van der Waals surface area (Å²) < 4.78 is 29.8. The quantitative estimate of drug-likeness (QED) is 0.137. The van der Waals surface area contributed by atoms with Gasteiger partial charge in [-0.3, -0.25) is 19.2 Å². The highest BCUT2D eigenvalue weighted by Crippen LogP contribution is 2.25. The summed E-state index contributed by atoms with van der Waals surface area (Å²) in [4.78, 5) is 128. The Balaban J connectivity index is 1.84. The molecule has 0 spiro atoms. The Labute approximate surface area is 442 Å². The van der Waals surface area contributed by atoms with Crippen LogP contribution in [0.3, 0.4) is 0 Å². The number of esters is 4. The van der Waals surface area contributed by atoms with Crippen molar-refractivity contribution in [1.29, 1.82) is 0 Å². The molecular weight excluding hydrogens is 965 g/mol. The summed E-state index contributed by atoms with van der Waals surface area (Å²) in [6.07, 6.45) is -2.61. The van der Waals surface area contributed by atoms with Crippen molar-refractivity contribution < 1.29 is 62.0 Å². The molecule has 1 aliphatic heterocycles. The van der Waals surface area contributed by atoms with Crippen molar-refractivity contribution in [3.8, 4) is 5.75 Å². The van der Waals surface area contributed by atoms with E-state index < -0.39 is 96.1 Å². The van der Waals surface area contributed by atoms with E-state index in [2.05, 4.69) is 9.97 Å². The lowest BCUT2D eigenvalue weighted by Crippen LogP contribution is -2.55. The predicted molar refractivity (Wildman–Crippen MR) is 278 cm³/mol. The van der Waals surface area contributed by atoms with Crippen LogP contribution in [-0.4, -0.2) is 154 Å². The van der Waals surface area contributed by atoms with E-state index in [0.29, 0.717) is 22.7 Å². The molecule has 0 saturated carbocycles. The zero-order chi connectivity index (χ0) is 55.8. The molecule has 19 nitrogen and oxygen atoms in total. The summed E-state index contributed by atoms with van der Waals surface area (Å²) in [5.41, 5.74) is 1.20. The molecule has 0 unspecified atom stereocenters. The summed E-state index contributed by atoms with van der Waals surface area (Å²) in [6.45, 7) is 17.6. The Morgan fingerprint density at radius 2 is 0.840 bits per heavy atom. The normalized spacial score (nSPS) is 23.9. The number of amides is 4. The summed E-state index contributed by atoms with van der Waals surface area (Å²) in [5, 5.41) is 0. The van der Waals surface area contributed by atoms with Crippen molar-refractivity contribution in [2.75, 3.05) is 28.2 Å². The first kappa shape index (κ1) is 60.8. The van der Waals surface area contributed by atoms with Gasteiger partial charge in [0.15, 0.2) is 24.4 Å². The summed E-state index contributed by atoms with van der Waals surface area (Å²) in [6, 6.07) is 10.5. The first-order valence-electron chi connectivity index (χ1n) is 25.9. The molecule has 4 rings (SSSR count). The molecule has 75 heavy (non-hydrogen) atoms. The Bertz CT molecular complexity index is 2360. The van der Waals surface area contributed by atoms with Crippen LogP contribution in [0.5, 0.6) is 5.75 Å². The van der Waals surface area contributed by atoms with Crippen molar-refractivity contribution in [3.05, 3.63) is 83.9 Å². The molecule has 8 atom stereocenters. The van der Waals surface area contributed by atoms with Crippen LogP contribution in [0.2, 0.25) is 0 Å². The predicted octanol–water partition coefficient (Wildman–Crippen LogP) is 5.97.